The predicted molar refractivity (Wildman–Crippen MR) is 52.3 cm³/mol. The minimum atomic E-state index is -0.861. The summed E-state index contributed by atoms with van der Waals surface area (Å²) in [6.45, 7) is 0.648. The van der Waals surface area contributed by atoms with Crippen molar-refractivity contribution in [2.45, 2.75) is 25.0 Å². The largest absolute Gasteiger partial charge is 0.376 e. The lowest BCUT2D eigenvalue weighted by molar-refractivity contribution is 0.0888. The molecule has 0 radical (unpaired) electrons. The maximum Gasteiger partial charge on any atom is 0.163 e. The van der Waals surface area contributed by atoms with Gasteiger partial charge in [0.1, 0.15) is 0 Å². The smallest absolute Gasteiger partial charge is 0.163 e. The van der Waals surface area contributed by atoms with Crippen LogP contribution in [-0.4, -0.2) is 12.7 Å². The van der Waals surface area contributed by atoms with Crippen LogP contribution >= 0.6 is 0 Å². The number of nitrogens with two attached hydrogens (primary N) is 1. The van der Waals surface area contributed by atoms with E-state index in [1.165, 1.54) is 12.1 Å². The molecule has 2 N–H and O–H groups in total. The Kier molecular flexibility index (Phi) is 2.98. The molecule has 0 aromatic heterocycles. The van der Waals surface area contributed by atoms with E-state index in [9.17, 15) is 8.78 Å². The van der Waals surface area contributed by atoms with E-state index in [1.54, 1.807) is 0 Å². The van der Waals surface area contributed by atoms with E-state index in [2.05, 4.69) is 0 Å². The zero-order valence-corrected chi connectivity index (χ0v) is 8.25. The van der Waals surface area contributed by atoms with Crippen LogP contribution in [-0.2, 0) is 4.74 Å². The molecular formula is C11H13F2NO. The van der Waals surface area contributed by atoms with E-state index in [-0.39, 0.29) is 11.7 Å². The van der Waals surface area contributed by atoms with Gasteiger partial charge in [-0.1, -0.05) is 12.1 Å². The normalized spacial score (nSPS) is 23.0. The summed E-state index contributed by atoms with van der Waals surface area (Å²) >= 11 is 0. The van der Waals surface area contributed by atoms with Crippen molar-refractivity contribution in [1.82, 2.24) is 0 Å². The minimum Gasteiger partial charge on any atom is -0.376 e. The van der Waals surface area contributed by atoms with Crippen molar-refractivity contribution in [3.8, 4) is 0 Å². The van der Waals surface area contributed by atoms with Crippen LogP contribution in [0.3, 0.4) is 0 Å². The summed E-state index contributed by atoms with van der Waals surface area (Å²) in [6, 6.07) is 3.47. The zero-order chi connectivity index (χ0) is 10.8. The van der Waals surface area contributed by atoms with E-state index in [0.717, 1.165) is 18.9 Å². The molecule has 1 aliphatic heterocycles. The fraction of sp³-hybridized carbons (Fsp3) is 0.455. The Morgan fingerprint density at radius 1 is 1.40 bits per heavy atom. The molecule has 1 aromatic rings. The highest BCUT2D eigenvalue weighted by Crippen LogP contribution is 2.27. The van der Waals surface area contributed by atoms with Gasteiger partial charge in [0, 0.05) is 12.2 Å². The van der Waals surface area contributed by atoms with E-state index < -0.39 is 17.7 Å². The Morgan fingerprint density at radius 2 is 2.20 bits per heavy atom. The average Bonchev–Trinajstić information content (AvgIpc) is 2.74. The molecule has 15 heavy (non-hydrogen) atoms. The van der Waals surface area contributed by atoms with E-state index in [0.29, 0.717) is 6.61 Å². The fourth-order valence-corrected chi connectivity index (χ4v) is 1.86. The molecule has 1 aliphatic rings. The first-order valence-electron chi connectivity index (χ1n) is 5.01. The maximum atomic E-state index is 13.4. The summed E-state index contributed by atoms with van der Waals surface area (Å²) in [6.07, 6.45) is 1.54. The van der Waals surface area contributed by atoms with E-state index in [4.69, 9.17) is 10.5 Å². The highest BCUT2D eigenvalue weighted by molar-refractivity contribution is 5.23. The van der Waals surface area contributed by atoms with Crippen LogP contribution in [0.1, 0.15) is 24.4 Å². The zero-order valence-electron chi connectivity index (χ0n) is 8.25. The van der Waals surface area contributed by atoms with Crippen LogP contribution in [0.15, 0.2) is 18.2 Å². The fourth-order valence-electron chi connectivity index (χ4n) is 1.86. The van der Waals surface area contributed by atoms with Gasteiger partial charge in [-0.2, -0.15) is 0 Å². The summed E-state index contributed by atoms with van der Waals surface area (Å²) in [5.74, 6) is -1.72. The molecule has 1 aromatic carbocycles. The van der Waals surface area contributed by atoms with Gasteiger partial charge < -0.3 is 10.5 Å². The third-order valence-electron chi connectivity index (χ3n) is 2.71. The van der Waals surface area contributed by atoms with Crippen molar-refractivity contribution in [3.05, 3.63) is 35.4 Å². The molecule has 4 heteroatoms. The lowest BCUT2D eigenvalue weighted by atomic mass is 10.00. The predicted octanol–water partition coefficient (Wildman–Crippen LogP) is 2.14. The van der Waals surface area contributed by atoms with Crippen LogP contribution in [0.25, 0.3) is 0 Å². The van der Waals surface area contributed by atoms with Gasteiger partial charge in [-0.25, -0.2) is 8.78 Å². The summed E-state index contributed by atoms with van der Waals surface area (Å²) in [4.78, 5) is 0. The summed E-state index contributed by atoms with van der Waals surface area (Å²) in [5, 5.41) is 0. The lowest BCUT2D eigenvalue weighted by Crippen LogP contribution is -2.26. The molecule has 0 spiro atoms. The number of ether oxygens (including phenoxy) is 1. The van der Waals surface area contributed by atoms with Gasteiger partial charge in [0.2, 0.25) is 0 Å². The summed E-state index contributed by atoms with van der Waals surface area (Å²) < 4.78 is 31.7. The number of benzene rings is 1. The molecule has 0 aliphatic carbocycles. The van der Waals surface area contributed by atoms with Gasteiger partial charge in [-0.05, 0) is 18.9 Å². The molecule has 1 heterocycles. The Hall–Kier alpha value is -1.00. The van der Waals surface area contributed by atoms with Crippen molar-refractivity contribution in [1.29, 1.82) is 0 Å². The lowest BCUT2D eigenvalue weighted by Gasteiger charge is -2.19. The first-order chi connectivity index (χ1) is 7.20. The summed E-state index contributed by atoms with van der Waals surface area (Å²) in [7, 11) is 0. The molecule has 0 amide bonds. The molecule has 2 atom stereocenters. The van der Waals surface area contributed by atoms with Gasteiger partial charge in [0.05, 0.1) is 12.1 Å². The molecule has 2 nitrogen and oxygen atoms in total. The Bertz CT molecular complexity index is 350. The average molecular weight is 213 g/mol. The monoisotopic (exact) mass is 213 g/mol. The third-order valence-corrected chi connectivity index (χ3v) is 2.71. The molecule has 2 rings (SSSR count). The van der Waals surface area contributed by atoms with Crippen LogP contribution in [0, 0.1) is 11.6 Å². The van der Waals surface area contributed by atoms with Gasteiger partial charge in [0.25, 0.3) is 0 Å². The Labute approximate surface area is 87.0 Å². The molecule has 0 saturated carbocycles. The van der Waals surface area contributed by atoms with Crippen molar-refractivity contribution in [3.63, 3.8) is 0 Å². The van der Waals surface area contributed by atoms with Gasteiger partial charge in [-0.15, -0.1) is 0 Å². The van der Waals surface area contributed by atoms with Crippen molar-refractivity contribution >= 4 is 0 Å². The molecule has 2 unspecified atom stereocenters. The Balaban J connectivity index is 2.24. The highest BCUT2D eigenvalue weighted by Gasteiger charge is 2.26. The minimum absolute atomic E-state index is 0.193. The first kappa shape index (κ1) is 10.5. The third kappa shape index (κ3) is 2.01. The number of hydrogen-bond donors (Lipinski definition) is 1. The van der Waals surface area contributed by atoms with Gasteiger partial charge in [0.15, 0.2) is 11.6 Å². The quantitative estimate of drug-likeness (QED) is 0.816. The van der Waals surface area contributed by atoms with Crippen LogP contribution < -0.4 is 5.73 Å². The van der Waals surface area contributed by atoms with Crippen molar-refractivity contribution in [2.75, 3.05) is 6.61 Å². The van der Waals surface area contributed by atoms with Crippen molar-refractivity contribution < 1.29 is 13.5 Å². The highest BCUT2D eigenvalue weighted by atomic mass is 19.2. The topological polar surface area (TPSA) is 35.2 Å². The number of halogens is 2. The van der Waals surface area contributed by atoms with Gasteiger partial charge in [-0.3, -0.25) is 0 Å². The van der Waals surface area contributed by atoms with Gasteiger partial charge >= 0.3 is 0 Å². The molecule has 1 saturated heterocycles. The van der Waals surface area contributed by atoms with Crippen LogP contribution in [0.4, 0.5) is 8.78 Å². The summed E-state index contributed by atoms with van der Waals surface area (Å²) in [5.41, 5.74) is 6.03. The second-order valence-electron chi connectivity index (χ2n) is 3.72. The second-order valence-corrected chi connectivity index (χ2v) is 3.72. The molecule has 82 valence electrons. The molecular weight excluding hydrogens is 200 g/mol. The van der Waals surface area contributed by atoms with Crippen molar-refractivity contribution in [2.24, 2.45) is 5.73 Å². The molecule has 1 fully saturated rings. The van der Waals surface area contributed by atoms with Crippen LogP contribution in [0.5, 0.6) is 0 Å². The second kappa shape index (κ2) is 4.24. The number of hydrogen-bond acceptors (Lipinski definition) is 2. The van der Waals surface area contributed by atoms with Crippen LogP contribution in [0.2, 0.25) is 0 Å². The van der Waals surface area contributed by atoms with E-state index >= 15 is 0 Å². The Morgan fingerprint density at radius 3 is 2.87 bits per heavy atom. The van der Waals surface area contributed by atoms with E-state index in [1.807, 2.05) is 0 Å². The number of rotatable bonds is 2. The maximum absolute atomic E-state index is 13.4. The molecule has 0 bridgehead atoms. The SMILES string of the molecule is NC(c1cccc(F)c1F)C1CCCO1. The first-order valence-corrected chi connectivity index (χ1v) is 5.01. The standard InChI is InChI=1S/C11H13F2NO/c12-8-4-1-3-7(10(8)13)11(14)9-5-2-6-15-9/h1,3-4,9,11H,2,5-6,14H2.